The van der Waals surface area contributed by atoms with Gasteiger partial charge in [-0.3, -0.25) is 4.57 Å². The first-order valence-electron chi connectivity index (χ1n) is 5.77. The zero-order chi connectivity index (χ0) is 12.4. The van der Waals surface area contributed by atoms with Gasteiger partial charge in [0, 0.05) is 6.20 Å². The second-order valence-electron chi connectivity index (χ2n) is 3.73. The van der Waals surface area contributed by atoms with Crippen molar-refractivity contribution >= 4 is 22.8 Å². The Kier molecular flexibility index (Phi) is 2.98. The van der Waals surface area contributed by atoms with E-state index < -0.39 is 0 Å². The Labute approximate surface area is 109 Å². The van der Waals surface area contributed by atoms with Gasteiger partial charge in [0.1, 0.15) is 11.4 Å². The lowest BCUT2D eigenvalue weighted by Crippen LogP contribution is -1.99. The number of aromatic nitrogens is 4. The van der Waals surface area contributed by atoms with Gasteiger partial charge in [0.25, 0.3) is 0 Å². The largest absolute Gasteiger partial charge is 0.267 e. The maximum Gasteiger partial charge on any atom is 0.236 e. The highest BCUT2D eigenvalue weighted by Crippen LogP contribution is 2.18. The van der Waals surface area contributed by atoms with E-state index in [9.17, 15) is 0 Å². The molecule has 0 fully saturated rings. The Hall–Kier alpha value is -1.88. The van der Waals surface area contributed by atoms with Crippen molar-refractivity contribution < 1.29 is 0 Å². The minimum Gasteiger partial charge on any atom is -0.267 e. The molecule has 0 aliphatic carbocycles. The average Bonchev–Trinajstić information content (AvgIpc) is 2.83. The summed E-state index contributed by atoms with van der Waals surface area (Å²) in [6, 6.07) is 9.90. The third-order valence-electron chi connectivity index (χ3n) is 2.58. The predicted octanol–water partition coefficient (Wildman–Crippen LogP) is 2.93. The molecule has 2 heterocycles. The minimum atomic E-state index is 0.669. The zero-order valence-electron chi connectivity index (χ0n) is 9.95. The molecule has 90 valence electrons. The molecule has 3 rings (SSSR count). The molecular weight excluding hydrogens is 244 g/mol. The van der Waals surface area contributed by atoms with Crippen LogP contribution in [0.5, 0.6) is 0 Å². The number of hydrogen-bond acceptors (Lipinski definition) is 4. The molecule has 0 saturated heterocycles. The summed E-state index contributed by atoms with van der Waals surface area (Å²) in [4.78, 5) is 13.2. The van der Waals surface area contributed by atoms with Crippen LogP contribution >= 0.6 is 11.8 Å². The fraction of sp³-hybridized carbons (Fsp3) is 0.154. The van der Waals surface area contributed by atoms with E-state index in [1.807, 2.05) is 34.9 Å². The Morgan fingerprint density at radius 1 is 1.17 bits per heavy atom. The van der Waals surface area contributed by atoms with E-state index in [0.29, 0.717) is 5.95 Å². The average molecular weight is 256 g/mol. The van der Waals surface area contributed by atoms with E-state index in [1.165, 1.54) is 0 Å². The quantitative estimate of drug-likeness (QED) is 0.534. The topological polar surface area (TPSA) is 43.6 Å². The molecule has 3 aromatic rings. The number of fused-ring (bicyclic) bond motifs is 1. The van der Waals surface area contributed by atoms with Crippen molar-refractivity contribution in [2.24, 2.45) is 0 Å². The van der Waals surface area contributed by atoms with Crippen molar-refractivity contribution in [3.8, 4) is 5.95 Å². The van der Waals surface area contributed by atoms with Gasteiger partial charge in [-0.2, -0.15) is 0 Å². The van der Waals surface area contributed by atoms with E-state index in [2.05, 4.69) is 21.9 Å². The first kappa shape index (κ1) is 11.2. The van der Waals surface area contributed by atoms with Crippen LogP contribution < -0.4 is 0 Å². The fourth-order valence-electron chi connectivity index (χ4n) is 1.80. The number of imidazole rings is 1. The normalized spacial score (nSPS) is 10.9. The Morgan fingerprint density at radius 3 is 2.94 bits per heavy atom. The smallest absolute Gasteiger partial charge is 0.236 e. The number of hydrogen-bond donors (Lipinski definition) is 0. The Bertz CT molecular complexity index is 677. The lowest BCUT2D eigenvalue weighted by Gasteiger charge is -2.03. The lowest BCUT2D eigenvalue weighted by molar-refractivity contribution is 0.905. The highest BCUT2D eigenvalue weighted by molar-refractivity contribution is 7.99. The van der Waals surface area contributed by atoms with Crippen molar-refractivity contribution in [3.05, 3.63) is 42.9 Å². The molecule has 0 unspecified atom stereocenters. The van der Waals surface area contributed by atoms with E-state index in [1.54, 1.807) is 24.3 Å². The second kappa shape index (κ2) is 4.78. The summed E-state index contributed by atoms with van der Waals surface area (Å²) in [6.45, 7) is 2.11. The molecule has 18 heavy (non-hydrogen) atoms. The summed E-state index contributed by atoms with van der Waals surface area (Å²) < 4.78 is 1.91. The third kappa shape index (κ3) is 1.97. The maximum atomic E-state index is 4.53. The van der Waals surface area contributed by atoms with Crippen molar-refractivity contribution in [3.63, 3.8) is 0 Å². The van der Waals surface area contributed by atoms with Crippen LogP contribution in [0.1, 0.15) is 6.92 Å². The summed E-state index contributed by atoms with van der Waals surface area (Å²) >= 11 is 1.71. The fourth-order valence-corrected chi connectivity index (χ4v) is 2.39. The Morgan fingerprint density at radius 2 is 2.06 bits per heavy atom. The molecular formula is C13H12N4S. The van der Waals surface area contributed by atoms with E-state index in [0.717, 1.165) is 21.8 Å². The molecule has 1 aromatic carbocycles. The molecule has 2 aromatic heterocycles. The number of thioether (sulfide) groups is 1. The van der Waals surface area contributed by atoms with Crippen LogP contribution in [-0.4, -0.2) is 25.3 Å². The lowest BCUT2D eigenvalue weighted by atomic mass is 10.3. The first-order valence-corrected chi connectivity index (χ1v) is 6.75. The number of para-hydroxylation sites is 2. The van der Waals surface area contributed by atoms with Gasteiger partial charge in [0.15, 0.2) is 0 Å². The van der Waals surface area contributed by atoms with Crippen LogP contribution in [0.25, 0.3) is 17.0 Å². The Balaban J connectivity index is 2.11. The van der Waals surface area contributed by atoms with Crippen LogP contribution in [0.2, 0.25) is 0 Å². The molecule has 0 atom stereocenters. The molecule has 0 aliphatic rings. The van der Waals surface area contributed by atoms with Crippen molar-refractivity contribution in [2.45, 2.75) is 11.9 Å². The predicted molar refractivity (Wildman–Crippen MR) is 73.1 cm³/mol. The van der Waals surface area contributed by atoms with Crippen LogP contribution in [0.4, 0.5) is 0 Å². The van der Waals surface area contributed by atoms with Gasteiger partial charge < -0.3 is 0 Å². The molecule has 0 radical (unpaired) electrons. The highest BCUT2D eigenvalue weighted by atomic mass is 32.2. The summed E-state index contributed by atoms with van der Waals surface area (Å²) in [7, 11) is 0. The zero-order valence-corrected chi connectivity index (χ0v) is 10.8. The van der Waals surface area contributed by atoms with Gasteiger partial charge in [-0.05, 0) is 24.0 Å². The van der Waals surface area contributed by atoms with Crippen molar-refractivity contribution in [1.82, 2.24) is 19.5 Å². The molecule has 0 N–H and O–H groups in total. The van der Waals surface area contributed by atoms with Crippen LogP contribution in [0.3, 0.4) is 0 Å². The van der Waals surface area contributed by atoms with Gasteiger partial charge in [-0.25, -0.2) is 15.0 Å². The minimum absolute atomic E-state index is 0.669. The summed E-state index contributed by atoms with van der Waals surface area (Å²) in [5.41, 5.74) is 1.98. The molecule has 0 bridgehead atoms. The molecule has 5 heteroatoms. The van der Waals surface area contributed by atoms with Gasteiger partial charge in [-0.15, -0.1) is 11.8 Å². The second-order valence-corrected chi connectivity index (χ2v) is 5.02. The molecule has 4 nitrogen and oxygen atoms in total. The summed E-state index contributed by atoms with van der Waals surface area (Å²) in [5, 5.41) is 0.986. The van der Waals surface area contributed by atoms with Gasteiger partial charge in [0.05, 0.1) is 11.0 Å². The van der Waals surface area contributed by atoms with Gasteiger partial charge >= 0.3 is 0 Å². The van der Waals surface area contributed by atoms with Crippen LogP contribution in [-0.2, 0) is 0 Å². The number of rotatable bonds is 3. The number of nitrogens with zero attached hydrogens (tertiary/aromatic N) is 4. The van der Waals surface area contributed by atoms with Gasteiger partial charge in [0.2, 0.25) is 5.95 Å². The van der Waals surface area contributed by atoms with E-state index >= 15 is 0 Å². The van der Waals surface area contributed by atoms with Crippen LogP contribution in [0.15, 0.2) is 47.9 Å². The van der Waals surface area contributed by atoms with E-state index in [4.69, 9.17) is 0 Å². The van der Waals surface area contributed by atoms with Crippen molar-refractivity contribution in [2.75, 3.05) is 5.75 Å². The highest BCUT2D eigenvalue weighted by Gasteiger charge is 2.06. The van der Waals surface area contributed by atoms with Crippen LogP contribution in [0, 0.1) is 0 Å². The molecule has 0 aliphatic heterocycles. The third-order valence-corrected chi connectivity index (χ3v) is 3.39. The monoisotopic (exact) mass is 256 g/mol. The standard InChI is InChI=1S/C13H12N4S/c1-2-18-12-7-8-14-13(16-12)17-9-15-10-5-3-4-6-11(10)17/h3-9H,2H2,1H3. The maximum absolute atomic E-state index is 4.53. The molecule has 0 spiro atoms. The summed E-state index contributed by atoms with van der Waals surface area (Å²) in [6.07, 6.45) is 3.55. The van der Waals surface area contributed by atoms with E-state index in [-0.39, 0.29) is 0 Å². The first-order chi connectivity index (χ1) is 8.88. The summed E-state index contributed by atoms with van der Waals surface area (Å²) in [5.74, 6) is 1.67. The molecule has 0 amide bonds. The SMILES string of the molecule is CCSc1ccnc(-n2cnc3ccccc32)n1. The van der Waals surface area contributed by atoms with Crippen molar-refractivity contribution in [1.29, 1.82) is 0 Å². The number of benzene rings is 1. The molecule has 0 saturated carbocycles. The van der Waals surface area contributed by atoms with Gasteiger partial charge in [-0.1, -0.05) is 19.1 Å².